The van der Waals surface area contributed by atoms with E-state index in [-0.39, 0.29) is 11.7 Å². The number of carbonyl (C=O) groups is 1. The van der Waals surface area contributed by atoms with Gasteiger partial charge in [-0.2, -0.15) is 5.10 Å². The summed E-state index contributed by atoms with van der Waals surface area (Å²) in [6, 6.07) is 22.6. The Morgan fingerprint density at radius 3 is 2.61 bits per heavy atom. The number of rotatable bonds is 6. The van der Waals surface area contributed by atoms with E-state index in [1.165, 1.54) is 6.07 Å². The number of pyridine rings is 1. The molecule has 0 saturated carbocycles. The number of aromatic amines is 2. The molecule has 0 aliphatic carbocycles. The molecule has 0 bridgehead atoms. The molecule has 1 amide bonds. The summed E-state index contributed by atoms with van der Waals surface area (Å²) in [6.45, 7) is 0.292. The Morgan fingerprint density at radius 2 is 1.76 bits per heavy atom. The van der Waals surface area contributed by atoms with Crippen molar-refractivity contribution in [2.24, 2.45) is 0 Å². The van der Waals surface area contributed by atoms with E-state index in [2.05, 4.69) is 37.6 Å². The zero-order valence-corrected chi connectivity index (χ0v) is 20.9. The van der Waals surface area contributed by atoms with Crippen LogP contribution in [0.5, 0.6) is 0 Å². The summed E-state index contributed by atoms with van der Waals surface area (Å²) in [5.41, 5.74) is 7.73. The molecule has 8 heteroatoms. The van der Waals surface area contributed by atoms with Gasteiger partial charge in [0.25, 0.3) is 0 Å². The van der Waals surface area contributed by atoms with Crippen LogP contribution in [0.4, 0.5) is 10.1 Å². The third-order valence-corrected chi connectivity index (χ3v) is 6.43. The lowest BCUT2D eigenvalue weighted by Gasteiger charge is -2.11. The molecule has 3 aromatic heterocycles. The number of hydrogen-bond acceptors (Lipinski definition) is 4. The fourth-order valence-electron chi connectivity index (χ4n) is 4.74. The van der Waals surface area contributed by atoms with Crippen molar-refractivity contribution in [2.45, 2.75) is 0 Å². The van der Waals surface area contributed by atoms with Gasteiger partial charge < -0.3 is 15.2 Å². The van der Waals surface area contributed by atoms with E-state index in [1.807, 2.05) is 61.5 Å². The molecule has 3 aromatic carbocycles. The summed E-state index contributed by atoms with van der Waals surface area (Å²) < 4.78 is 13.9. The molecule has 0 aliphatic rings. The van der Waals surface area contributed by atoms with Crippen LogP contribution in [0, 0.1) is 5.82 Å². The van der Waals surface area contributed by atoms with Crippen LogP contribution in [0.25, 0.3) is 55.4 Å². The highest BCUT2D eigenvalue weighted by atomic mass is 19.1. The third-order valence-electron chi connectivity index (χ3n) is 6.43. The molecular weight excluding hydrogens is 479 g/mol. The lowest BCUT2D eigenvalue weighted by Crippen LogP contribution is -2.27. The van der Waals surface area contributed by atoms with Crippen molar-refractivity contribution < 1.29 is 9.18 Å². The molecular formula is C30H25FN6O. The van der Waals surface area contributed by atoms with Gasteiger partial charge in [-0.1, -0.05) is 30.3 Å². The lowest BCUT2D eigenvalue weighted by molar-refractivity contribution is -0.116. The first-order valence-corrected chi connectivity index (χ1v) is 12.2. The monoisotopic (exact) mass is 504 g/mol. The van der Waals surface area contributed by atoms with Gasteiger partial charge in [0.15, 0.2) is 0 Å². The predicted molar refractivity (Wildman–Crippen MR) is 149 cm³/mol. The molecule has 3 N–H and O–H groups in total. The number of hydrogen-bond donors (Lipinski definition) is 3. The predicted octanol–water partition coefficient (Wildman–Crippen LogP) is 6.08. The average molecular weight is 505 g/mol. The number of amides is 1. The number of benzene rings is 3. The summed E-state index contributed by atoms with van der Waals surface area (Å²) in [4.78, 5) is 21.8. The minimum atomic E-state index is -0.267. The van der Waals surface area contributed by atoms with Crippen molar-refractivity contribution in [1.82, 2.24) is 25.1 Å². The molecule has 6 aromatic rings. The summed E-state index contributed by atoms with van der Waals surface area (Å²) in [7, 11) is 3.70. The maximum atomic E-state index is 13.9. The highest BCUT2D eigenvalue weighted by Crippen LogP contribution is 2.35. The Bertz CT molecular complexity index is 1800. The lowest BCUT2D eigenvalue weighted by atomic mass is 10.0. The number of carbonyl (C=O) groups excluding carboxylic acids is 1. The number of likely N-dealkylation sites (N-methyl/N-ethyl adjacent to an activating group) is 1. The topological polar surface area (TPSA) is 89.7 Å². The van der Waals surface area contributed by atoms with Gasteiger partial charge in [-0.15, -0.1) is 0 Å². The zero-order chi connectivity index (χ0) is 26.2. The first-order valence-electron chi connectivity index (χ1n) is 12.2. The van der Waals surface area contributed by atoms with Crippen LogP contribution in [0.3, 0.4) is 0 Å². The molecule has 0 aliphatic heterocycles. The van der Waals surface area contributed by atoms with E-state index < -0.39 is 0 Å². The average Bonchev–Trinajstić information content (AvgIpc) is 3.52. The molecule has 7 nitrogen and oxygen atoms in total. The Labute approximate surface area is 218 Å². The van der Waals surface area contributed by atoms with Gasteiger partial charge in [-0.3, -0.25) is 14.9 Å². The first-order chi connectivity index (χ1) is 18.4. The highest BCUT2D eigenvalue weighted by molar-refractivity contribution is 6.02. The molecule has 38 heavy (non-hydrogen) atoms. The van der Waals surface area contributed by atoms with Crippen molar-refractivity contribution in [3.8, 4) is 33.6 Å². The Kier molecular flexibility index (Phi) is 5.94. The van der Waals surface area contributed by atoms with Gasteiger partial charge >= 0.3 is 0 Å². The smallest absolute Gasteiger partial charge is 0.238 e. The second kappa shape index (κ2) is 9.57. The molecule has 6 rings (SSSR count). The number of nitrogens with one attached hydrogen (secondary N) is 3. The summed E-state index contributed by atoms with van der Waals surface area (Å²) in [5.74, 6) is -0.366. The molecule has 0 saturated heterocycles. The molecule has 188 valence electrons. The number of aromatic nitrogens is 4. The van der Waals surface area contributed by atoms with Gasteiger partial charge in [0.05, 0.1) is 29.6 Å². The molecule has 0 radical (unpaired) electrons. The van der Waals surface area contributed by atoms with Crippen molar-refractivity contribution in [1.29, 1.82) is 0 Å². The Morgan fingerprint density at radius 1 is 0.895 bits per heavy atom. The van der Waals surface area contributed by atoms with Gasteiger partial charge in [-0.25, -0.2) is 4.39 Å². The van der Waals surface area contributed by atoms with Gasteiger partial charge in [-0.05, 0) is 73.3 Å². The molecule has 0 spiro atoms. The normalized spacial score (nSPS) is 11.5. The Hall–Kier alpha value is -4.82. The fourth-order valence-corrected chi connectivity index (χ4v) is 4.74. The number of fused-ring (bicyclic) bond motifs is 2. The van der Waals surface area contributed by atoms with E-state index in [1.54, 1.807) is 24.5 Å². The largest absolute Gasteiger partial charge is 0.353 e. The number of nitrogens with zero attached hydrogens (tertiary/aromatic N) is 3. The fraction of sp³-hybridized carbons (Fsp3) is 0.100. The standard InChI is InChI=1S/C30H25FN6O/c1-37(2)17-29(38)33-22-12-20(15-32-16-22)18-9-10-27-25(13-18)30(36-35-27)28-14-24-23(7-4-8-26(24)34-28)19-5-3-6-21(31)11-19/h3-16,34H,17H2,1-2H3,(H,33,38)(H,35,36). The van der Waals surface area contributed by atoms with Crippen molar-refractivity contribution in [3.05, 3.63) is 91.0 Å². The van der Waals surface area contributed by atoms with Gasteiger partial charge in [0.1, 0.15) is 11.5 Å². The molecule has 3 heterocycles. The van der Waals surface area contributed by atoms with Crippen LogP contribution in [-0.2, 0) is 4.79 Å². The number of anilines is 1. The van der Waals surface area contributed by atoms with Crippen LogP contribution in [0.2, 0.25) is 0 Å². The van der Waals surface area contributed by atoms with Crippen LogP contribution < -0.4 is 5.32 Å². The van der Waals surface area contributed by atoms with Crippen molar-refractivity contribution in [3.63, 3.8) is 0 Å². The minimum Gasteiger partial charge on any atom is -0.353 e. The summed E-state index contributed by atoms with van der Waals surface area (Å²) >= 11 is 0. The van der Waals surface area contributed by atoms with E-state index >= 15 is 0 Å². The van der Waals surface area contributed by atoms with Crippen LogP contribution >= 0.6 is 0 Å². The second-order valence-electron chi connectivity index (χ2n) is 9.54. The Balaban J connectivity index is 1.38. The molecule has 0 fully saturated rings. The third kappa shape index (κ3) is 4.53. The maximum absolute atomic E-state index is 13.9. The van der Waals surface area contributed by atoms with E-state index in [0.717, 1.165) is 55.4 Å². The molecule has 0 atom stereocenters. The maximum Gasteiger partial charge on any atom is 0.238 e. The summed E-state index contributed by atoms with van der Waals surface area (Å²) in [5, 5.41) is 12.6. The van der Waals surface area contributed by atoms with Crippen LogP contribution in [-0.4, -0.2) is 51.6 Å². The minimum absolute atomic E-state index is 0.0991. The van der Waals surface area contributed by atoms with Crippen molar-refractivity contribution >= 4 is 33.4 Å². The van der Waals surface area contributed by atoms with Crippen LogP contribution in [0.15, 0.2) is 85.2 Å². The van der Waals surface area contributed by atoms with E-state index in [0.29, 0.717) is 12.2 Å². The van der Waals surface area contributed by atoms with Gasteiger partial charge in [0.2, 0.25) is 5.91 Å². The zero-order valence-electron chi connectivity index (χ0n) is 20.9. The van der Waals surface area contributed by atoms with E-state index in [9.17, 15) is 9.18 Å². The number of H-pyrrole nitrogens is 2. The van der Waals surface area contributed by atoms with Crippen molar-refractivity contribution in [2.75, 3.05) is 26.0 Å². The van der Waals surface area contributed by atoms with Crippen LogP contribution in [0.1, 0.15) is 0 Å². The SMILES string of the molecule is CN(C)CC(=O)Nc1cncc(-c2ccc3[nH]nc(-c4cc5c(-c6cccc(F)c6)cccc5[nH]4)c3c2)c1. The second-order valence-corrected chi connectivity index (χ2v) is 9.54. The molecule has 0 unspecified atom stereocenters. The first kappa shape index (κ1) is 23.6. The van der Waals surface area contributed by atoms with E-state index in [4.69, 9.17) is 0 Å². The quantitative estimate of drug-likeness (QED) is 0.256. The summed E-state index contributed by atoms with van der Waals surface area (Å²) in [6.07, 6.45) is 3.41. The van der Waals surface area contributed by atoms with Gasteiger partial charge in [0, 0.05) is 28.0 Å². The number of halogens is 1. The highest BCUT2D eigenvalue weighted by Gasteiger charge is 2.15.